The fourth-order valence-corrected chi connectivity index (χ4v) is 3.15. The highest BCUT2D eigenvalue weighted by Crippen LogP contribution is 2.24. The van der Waals surface area contributed by atoms with Gasteiger partial charge >= 0.3 is 0 Å². The lowest BCUT2D eigenvalue weighted by atomic mass is 9.98. The number of halogens is 1. The summed E-state index contributed by atoms with van der Waals surface area (Å²) in [5.41, 5.74) is 1.18. The van der Waals surface area contributed by atoms with Gasteiger partial charge in [-0.05, 0) is 43.0 Å². The van der Waals surface area contributed by atoms with Gasteiger partial charge < -0.3 is 4.90 Å². The second kappa shape index (κ2) is 6.83. The summed E-state index contributed by atoms with van der Waals surface area (Å²) in [6, 6.07) is 7.36. The number of benzene rings is 1. The Kier molecular flexibility index (Phi) is 4.80. The Morgan fingerprint density at radius 1 is 1.17 bits per heavy atom. The quantitative estimate of drug-likeness (QED) is 0.794. The molecule has 0 saturated carbocycles. The molecule has 3 rings (SSSR count). The lowest BCUT2D eigenvalue weighted by molar-refractivity contribution is -0.125. The molecule has 0 spiro atoms. The van der Waals surface area contributed by atoms with Crippen molar-refractivity contribution in [3.63, 3.8) is 0 Å². The van der Waals surface area contributed by atoms with E-state index in [0.29, 0.717) is 30.2 Å². The van der Waals surface area contributed by atoms with Crippen molar-refractivity contribution in [1.29, 1.82) is 0 Å². The number of nitrogens with zero attached hydrogens (tertiary/aromatic N) is 3. The van der Waals surface area contributed by atoms with Gasteiger partial charge in [0, 0.05) is 30.4 Å². The van der Waals surface area contributed by atoms with Gasteiger partial charge in [0.2, 0.25) is 5.91 Å². The Morgan fingerprint density at radius 2 is 1.83 bits per heavy atom. The maximum atomic E-state index is 12.6. The normalized spacial score (nSPS) is 19.7. The largest absolute Gasteiger partial charge is 0.338 e. The first kappa shape index (κ1) is 16.2. The minimum atomic E-state index is -0.0730. The van der Waals surface area contributed by atoms with Gasteiger partial charge in [-0.25, -0.2) is 5.01 Å². The van der Waals surface area contributed by atoms with E-state index in [1.165, 1.54) is 5.01 Å². The zero-order valence-electron chi connectivity index (χ0n) is 13.2. The molecule has 1 fully saturated rings. The number of hydrogen-bond donors (Lipinski definition) is 0. The van der Waals surface area contributed by atoms with Crippen LogP contribution in [0.25, 0.3) is 0 Å². The molecule has 0 N–H and O–H groups in total. The first-order chi connectivity index (χ1) is 11.0. The first-order valence-corrected chi connectivity index (χ1v) is 8.79. The smallest absolute Gasteiger partial charge is 0.270 e. The van der Waals surface area contributed by atoms with Crippen molar-refractivity contribution in [2.75, 3.05) is 18.1 Å². The van der Waals surface area contributed by atoms with Crippen LogP contribution < -0.4 is 5.01 Å². The van der Waals surface area contributed by atoms with Crippen LogP contribution >= 0.6 is 15.9 Å². The molecule has 122 valence electrons. The average Bonchev–Trinajstić information content (AvgIpc) is 2.56. The van der Waals surface area contributed by atoms with Crippen molar-refractivity contribution in [3.8, 4) is 0 Å². The highest BCUT2D eigenvalue weighted by molar-refractivity contribution is 9.10. The second-order valence-corrected chi connectivity index (χ2v) is 7.12. The molecule has 2 amide bonds. The standard InChI is InChI=1S/C17H20BrN3O2/c1-12-8-10-20(11-9-12)17(23)15-6-7-16(22)21(19-15)14-4-2-13(18)3-5-14/h2-5,12H,6-11H2,1H3. The zero-order chi connectivity index (χ0) is 16.4. The summed E-state index contributed by atoms with van der Waals surface area (Å²) in [5, 5.41) is 5.71. The first-order valence-electron chi connectivity index (χ1n) is 8.00. The maximum Gasteiger partial charge on any atom is 0.270 e. The van der Waals surface area contributed by atoms with Crippen molar-refractivity contribution in [3.05, 3.63) is 28.7 Å². The Hall–Kier alpha value is -1.69. The van der Waals surface area contributed by atoms with E-state index in [9.17, 15) is 9.59 Å². The monoisotopic (exact) mass is 377 g/mol. The minimum Gasteiger partial charge on any atom is -0.338 e. The van der Waals surface area contributed by atoms with E-state index in [1.807, 2.05) is 29.2 Å². The molecule has 6 heteroatoms. The topological polar surface area (TPSA) is 53.0 Å². The van der Waals surface area contributed by atoms with E-state index in [0.717, 1.165) is 30.4 Å². The molecule has 2 aliphatic heterocycles. The highest BCUT2D eigenvalue weighted by atomic mass is 79.9. The molecule has 5 nitrogen and oxygen atoms in total. The number of amides is 2. The second-order valence-electron chi connectivity index (χ2n) is 6.20. The van der Waals surface area contributed by atoms with Crippen molar-refractivity contribution < 1.29 is 9.59 Å². The van der Waals surface area contributed by atoms with Crippen LogP contribution in [0.15, 0.2) is 33.8 Å². The van der Waals surface area contributed by atoms with Crippen molar-refractivity contribution in [2.45, 2.75) is 32.6 Å². The molecule has 23 heavy (non-hydrogen) atoms. The fourth-order valence-electron chi connectivity index (χ4n) is 2.89. The maximum absolute atomic E-state index is 12.6. The number of rotatable bonds is 2. The molecular weight excluding hydrogens is 358 g/mol. The van der Waals surface area contributed by atoms with Crippen molar-refractivity contribution in [2.24, 2.45) is 11.0 Å². The molecule has 0 atom stereocenters. The van der Waals surface area contributed by atoms with Crippen LogP contribution in [0.3, 0.4) is 0 Å². The van der Waals surface area contributed by atoms with Gasteiger partial charge in [0.05, 0.1) is 5.69 Å². The molecule has 0 aromatic heterocycles. The summed E-state index contributed by atoms with van der Waals surface area (Å²) < 4.78 is 0.938. The van der Waals surface area contributed by atoms with Crippen LogP contribution in [0.2, 0.25) is 0 Å². The highest BCUT2D eigenvalue weighted by Gasteiger charge is 2.29. The van der Waals surface area contributed by atoms with E-state index in [1.54, 1.807) is 0 Å². The van der Waals surface area contributed by atoms with Gasteiger partial charge in [0.15, 0.2) is 0 Å². The van der Waals surface area contributed by atoms with Crippen LogP contribution in [-0.2, 0) is 9.59 Å². The van der Waals surface area contributed by atoms with Gasteiger partial charge in [-0.15, -0.1) is 0 Å². The molecular formula is C17H20BrN3O2. The summed E-state index contributed by atoms with van der Waals surface area (Å²) in [6.07, 6.45) is 2.82. The van der Waals surface area contributed by atoms with Gasteiger partial charge in [-0.1, -0.05) is 22.9 Å². The Bertz CT molecular complexity index is 634. The van der Waals surface area contributed by atoms with E-state index in [4.69, 9.17) is 0 Å². The summed E-state index contributed by atoms with van der Waals surface area (Å²) in [4.78, 5) is 26.7. The van der Waals surface area contributed by atoms with E-state index in [-0.39, 0.29) is 11.8 Å². The third-order valence-electron chi connectivity index (χ3n) is 4.42. The summed E-state index contributed by atoms with van der Waals surface area (Å²) >= 11 is 3.38. The van der Waals surface area contributed by atoms with Crippen LogP contribution in [0, 0.1) is 5.92 Å². The zero-order valence-corrected chi connectivity index (χ0v) is 14.8. The molecule has 0 radical (unpaired) electrons. The third-order valence-corrected chi connectivity index (χ3v) is 4.95. The molecule has 1 aromatic rings. The number of carbonyl (C=O) groups is 2. The number of hydrogen-bond acceptors (Lipinski definition) is 3. The fraction of sp³-hybridized carbons (Fsp3) is 0.471. The molecule has 0 bridgehead atoms. The lowest BCUT2D eigenvalue weighted by Gasteiger charge is -2.32. The lowest BCUT2D eigenvalue weighted by Crippen LogP contribution is -2.44. The van der Waals surface area contributed by atoms with Crippen LogP contribution in [-0.4, -0.2) is 35.5 Å². The number of likely N-dealkylation sites (tertiary alicyclic amines) is 1. The van der Waals surface area contributed by atoms with Gasteiger partial charge in [0.25, 0.3) is 5.91 Å². The molecule has 1 aromatic carbocycles. The number of piperidine rings is 1. The van der Waals surface area contributed by atoms with Crippen LogP contribution in [0.1, 0.15) is 32.6 Å². The molecule has 2 aliphatic rings. The number of hydrazone groups is 1. The van der Waals surface area contributed by atoms with E-state index < -0.39 is 0 Å². The molecule has 0 aliphatic carbocycles. The molecule has 0 unspecified atom stereocenters. The summed E-state index contributed by atoms with van der Waals surface area (Å²) in [7, 11) is 0. The number of carbonyl (C=O) groups excluding carboxylic acids is 2. The Labute approximate surface area is 144 Å². The Balaban J connectivity index is 1.79. The predicted molar refractivity (Wildman–Crippen MR) is 93.3 cm³/mol. The van der Waals surface area contributed by atoms with Gasteiger partial charge in [0.1, 0.15) is 5.71 Å². The number of anilines is 1. The predicted octanol–water partition coefficient (Wildman–Crippen LogP) is 3.19. The van der Waals surface area contributed by atoms with Gasteiger partial charge in [-0.2, -0.15) is 5.10 Å². The van der Waals surface area contributed by atoms with Crippen molar-refractivity contribution >= 4 is 39.1 Å². The molecule has 1 saturated heterocycles. The average molecular weight is 378 g/mol. The van der Waals surface area contributed by atoms with Gasteiger partial charge in [-0.3, -0.25) is 9.59 Å². The molecule has 2 heterocycles. The minimum absolute atomic E-state index is 0.0217. The van der Waals surface area contributed by atoms with Crippen LogP contribution in [0.5, 0.6) is 0 Å². The third kappa shape index (κ3) is 3.63. The summed E-state index contributed by atoms with van der Waals surface area (Å²) in [6.45, 7) is 3.78. The van der Waals surface area contributed by atoms with Crippen LogP contribution in [0.4, 0.5) is 5.69 Å². The summed E-state index contributed by atoms with van der Waals surface area (Å²) in [5.74, 6) is 0.579. The van der Waals surface area contributed by atoms with E-state index in [2.05, 4.69) is 28.0 Å². The van der Waals surface area contributed by atoms with Crippen molar-refractivity contribution in [1.82, 2.24) is 4.90 Å². The Morgan fingerprint density at radius 3 is 2.48 bits per heavy atom. The van der Waals surface area contributed by atoms with E-state index >= 15 is 0 Å². The SMILES string of the molecule is CC1CCN(C(=O)C2=NN(c3ccc(Br)cc3)C(=O)CC2)CC1.